The highest BCUT2D eigenvalue weighted by Crippen LogP contribution is 2.29. The Bertz CT molecular complexity index is 401. The van der Waals surface area contributed by atoms with E-state index in [1.54, 1.807) is 18.2 Å². The number of halogens is 1. The zero-order valence-corrected chi connectivity index (χ0v) is 11.3. The van der Waals surface area contributed by atoms with Crippen molar-refractivity contribution < 1.29 is 5.11 Å². The Hall–Kier alpha value is -0.930. The third kappa shape index (κ3) is 3.53. The lowest BCUT2D eigenvalue weighted by molar-refractivity contribution is 0.0381. The average Bonchev–Trinajstić information content (AvgIpc) is 2.56. The minimum absolute atomic E-state index is 0.539. The van der Waals surface area contributed by atoms with Crippen LogP contribution in [0.3, 0.4) is 0 Å². The Morgan fingerprint density at radius 2 is 1.89 bits per heavy atom. The number of anilines is 2. The molecule has 0 aromatic heterocycles. The van der Waals surface area contributed by atoms with Gasteiger partial charge in [-0.25, -0.2) is 0 Å². The molecule has 0 amide bonds. The first kappa shape index (κ1) is 13.5. The number of hydrogen-bond donors (Lipinski definition) is 3. The van der Waals surface area contributed by atoms with Crippen LogP contribution in [0.25, 0.3) is 0 Å². The first-order valence-electron chi connectivity index (χ1n) is 6.60. The Morgan fingerprint density at radius 1 is 1.22 bits per heavy atom. The molecule has 0 atom stereocenters. The summed E-state index contributed by atoms with van der Waals surface area (Å²) in [6.45, 7) is 0.539. The molecule has 4 N–H and O–H groups in total. The maximum Gasteiger partial charge on any atom is 0.0819 e. The van der Waals surface area contributed by atoms with Gasteiger partial charge in [0.15, 0.2) is 0 Å². The van der Waals surface area contributed by atoms with Gasteiger partial charge in [-0.2, -0.15) is 0 Å². The van der Waals surface area contributed by atoms with Gasteiger partial charge in [0, 0.05) is 11.6 Å². The highest BCUT2D eigenvalue weighted by Gasteiger charge is 2.27. The molecule has 0 unspecified atom stereocenters. The van der Waals surface area contributed by atoms with Gasteiger partial charge in [0.05, 0.1) is 17.0 Å². The standard InChI is InChI=1S/C14H21ClN2O/c15-11-5-6-12(16)13(9-11)17-10-14(18)7-3-1-2-4-8-14/h5-6,9,17-18H,1-4,7-8,10,16H2. The second-order valence-electron chi connectivity index (χ2n) is 5.22. The van der Waals surface area contributed by atoms with Gasteiger partial charge in [0.2, 0.25) is 0 Å². The summed E-state index contributed by atoms with van der Waals surface area (Å²) in [7, 11) is 0. The second kappa shape index (κ2) is 5.81. The fraction of sp³-hybridized carbons (Fsp3) is 0.571. The first-order valence-corrected chi connectivity index (χ1v) is 6.98. The molecule has 3 nitrogen and oxygen atoms in total. The third-order valence-electron chi connectivity index (χ3n) is 3.66. The Balaban J connectivity index is 1.99. The summed E-state index contributed by atoms with van der Waals surface area (Å²) in [4.78, 5) is 0. The van der Waals surface area contributed by atoms with Crippen LogP contribution in [0.2, 0.25) is 5.02 Å². The van der Waals surface area contributed by atoms with Crippen LogP contribution in [0.4, 0.5) is 11.4 Å². The van der Waals surface area contributed by atoms with Crippen LogP contribution in [0.15, 0.2) is 18.2 Å². The number of hydrogen-bond acceptors (Lipinski definition) is 3. The van der Waals surface area contributed by atoms with Gasteiger partial charge in [-0.15, -0.1) is 0 Å². The molecule has 1 aliphatic carbocycles. The SMILES string of the molecule is Nc1ccc(Cl)cc1NCC1(O)CCCCCC1. The van der Waals surface area contributed by atoms with E-state index in [1.165, 1.54) is 12.8 Å². The lowest BCUT2D eigenvalue weighted by Crippen LogP contribution is -2.36. The molecule has 1 aliphatic rings. The van der Waals surface area contributed by atoms with E-state index >= 15 is 0 Å². The Kier molecular flexibility index (Phi) is 4.36. The van der Waals surface area contributed by atoms with Crippen molar-refractivity contribution in [1.29, 1.82) is 0 Å². The number of aliphatic hydroxyl groups is 1. The fourth-order valence-corrected chi connectivity index (χ4v) is 2.68. The zero-order chi connectivity index (χ0) is 13.0. The molecule has 0 spiro atoms. The summed E-state index contributed by atoms with van der Waals surface area (Å²) in [5.41, 5.74) is 6.74. The second-order valence-corrected chi connectivity index (χ2v) is 5.66. The summed E-state index contributed by atoms with van der Waals surface area (Å²) in [5.74, 6) is 0. The number of rotatable bonds is 3. The molecular weight excluding hydrogens is 248 g/mol. The van der Waals surface area contributed by atoms with Gasteiger partial charge in [-0.3, -0.25) is 0 Å². The largest absolute Gasteiger partial charge is 0.397 e. The van der Waals surface area contributed by atoms with Crippen LogP contribution in [-0.2, 0) is 0 Å². The van der Waals surface area contributed by atoms with Crippen molar-refractivity contribution in [2.45, 2.75) is 44.1 Å². The highest BCUT2D eigenvalue weighted by atomic mass is 35.5. The summed E-state index contributed by atoms with van der Waals surface area (Å²) in [5, 5.41) is 14.4. The molecule has 2 rings (SSSR count). The number of benzene rings is 1. The van der Waals surface area contributed by atoms with E-state index in [9.17, 15) is 5.11 Å². The Morgan fingerprint density at radius 3 is 2.56 bits per heavy atom. The summed E-state index contributed by atoms with van der Waals surface area (Å²) in [6.07, 6.45) is 6.37. The number of nitrogen functional groups attached to an aromatic ring is 1. The fourth-order valence-electron chi connectivity index (χ4n) is 2.50. The molecule has 100 valence electrons. The first-order chi connectivity index (χ1) is 8.59. The predicted molar refractivity (Wildman–Crippen MR) is 77.0 cm³/mol. The predicted octanol–water partition coefficient (Wildman–Crippen LogP) is 3.42. The summed E-state index contributed by atoms with van der Waals surface area (Å²) < 4.78 is 0. The molecule has 1 aromatic rings. The molecule has 18 heavy (non-hydrogen) atoms. The third-order valence-corrected chi connectivity index (χ3v) is 3.89. The van der Waals surface area contributed by atoms with Crippen molar-refractivity contribution in [2.24, 2.45) is 0 Å². The van der Waals surface area contributed by atoms with E-state index in [1.807, 2.05) is 0 Å². The van der Waals surface area contributed by atoms with E-state index in [0.29, 0.717) is 17.3 Å². The summed E-state index contributed by atoms with van der Waals surface area (Å²) >= 11 is 5.94. The maximum atomic E-state index is 10.5. The lowest BCUT2D eigenvalue weighted by atomic mass is 9.94. The van der Waals surface area contributed by atoms with E-state index in [4.69, 9.17) is 17.3 Å². The van der Waals surface area contributed by atoms with Gasteiger partial charge in [0.25, 0.3) is 0 Å². The van der Waals surface area contributed by atoms with Crippen molar-refractivity contribution in [3.63, 3.8) is 0 Å². The lowest BCUT2D eigenvalue weighted by Gasteiger charge is -2.27. The van der Waals surface area contributed by atoms with Crippen molar-refractivity contribution >= 4 is 23.0 Å². The van der Waals surface area contributed by atoms with Gasteiger partial charge in [-0.1, -0.05) is 37.3 Å². The van der Waals surface area contributed by atoms with Crippen molar-refractivity contribution in [1.82, 2.24) is 0 Å². The van der Waals surface area contributed by atoms with Gasteiger partial charge in [-0.05, 0) is 31.0 Å². The minimum atomic E-state index is -0.606. The molecule has 1 saturated carbocycles. The van der Waals surface area contributed by atoms with Crippen molar-refractivity contribution in [3.05, 3.63) is 23.2 Å². The van der Waals surface area contributed by atoms with E-state index in [-0.39, 0.29) is 0 Å². The topological polar surface area (TPSA) is 58.3 Å². The number of nitrogens with one attached hydrogen (secondary N) is 1. The van der Waals surface area contributed by atoms with Crippen LogP contribution in [0.1, 0.15) is 38.5 Å². The molecule has 0 heterocycles. The smallest absolute Gasteiger partial charge is 0.0819 e. The van der Waals surface area contributed by atoms with E-state index < -0.39 is 5.60 Å². The normalized spacial score (nSPS) is 19.2. The zero-order valence-electron chi connectivity index (χ0n) is 10.6. The average molecular weight is 269 g/mol. The quantitative estimate of drug-likeness (QED) is 0.582. The van der Waals surface area contributed by atoms with Crippen molar-refractivity contribution in [2.75, 3.05) is 17.6 Å². The molecule has 0 saturated heterocycles. The van der Waals surface area contributed by atoms with Crippen LogP contribution in [-0.4, -0.2) is 17.3 Å². The molecule has 1 fully saturated rings. The number of nitrogens with two attached hydrogens (primary N) is 1. The van der Waals surface area contributed by atoms with Crippen molar-refractivity contribution in [3.8, 4) is 0 Å². The van der Waals surface area contributed by atoms with Crippen LogP contribution in [0.5, 0.6) is 0 Å². The Labute approximate surface area is 113 Å². The van der Waals surface area contributed by atoms with Gasteiger partial charge >= 0.3 is 0 Å². The van der Waals surface area contributed by atoms with E-state index in [2.05, 4.69) is 5.32 Å². The molecule has 0 bridgehead atoms. The maximum absolute atomic E-state index is 10.5. The van der Waals surface area contributed by atoms with Crippen LogP contribution >= 0.6 is 11.6 Å². The molecule has 1 aromatic carbocycles. The summed E-state index contributed by atoms with van der Waals surface area (Å²) in [6, 6.07) is 5.35. The van der Waals surface area contributed by atoms with Crippen LogP contribution in [0, 0.1) is 0 Å². The molecule has 4 heteroatoms. The molecule has 0 aliphatic heterocycles. The van der Waals surface area contributed by atoms with Gasteiger partial charge in [0.1, 0.15) is 0 Å². The molecular formula is C14H21ClN2O. The van der Waals surface area contributed by atoms with Gasteiger partial charge < -0.3 is 16.2 Å². The monoisotopic (exact) mass is 268 g/mol. The minimum Gasteiger partial charge on any atom is -0.397 e. The van der Waals surface area contributed by atoms with E-state index in [0.717, 1.165) is 31.4 Å². The van der Waals surface area contributed by atoms with Crippen LogP contribution < -0.4 is 11.1 Å². The highest BCUT2D eigenvalue weighted by molar-refractivity contribution is 6.31. The molecule has 0 radical (unpaired) electrons.